The predicted octanol–water partition coefficient (Wildman–Crippen LogP) is 2.67. The van der Waals surface area contributed by atoms with Crippen LogP contribution in [0.1, 0.15) is 43.1 Å². The monoisotopic (exact) mass is 288 g/mol. The molecule has 1 amide bonds. The van der Waals surface area contributed by atoms with E-state index < -0.39 is 6.09 Å². The number of amides is 1. The zero-order valence-electron chi connectivity index (χ0n) is 12.4. The standard InChI is InChI=1S/C15H20N4O2/c1-10-13-9-17-14(19(13)8-7-16-10)11-3-5-12(6-4-11)18(2)15(20)21/h7-9,11-12H,3-6H2,1-2H3,(H,20,21). The van der Waals surface area contributed by atoms with E-state index in [-0.39, 0.29) is 6.04 Å². The molecule has 1 N–H and O–H groups in total. The van der Waals surface area contributed by atoms with Gasteiger partial charge in [-0.25, -0.2) is 9.78 Å². The summed E-state index contributed by atoms with van der Waals surface area (Å²) in [4.78, 5) is 21.3. The fourth-order valence-electron chi connectivity index (χ4n) is 3.26. The van der Waals surface area contributed by atoms with E-state index in [9.17, 15) is 4.79 Å². The van der Waals surface area contributed by atoms with Crippen LogP contribution in [0.25, 0.3) is 5.52 Å². The van der Waals surface area contributed by atoms with Crippen molar-refractivity contribution in [3.63, 3.8) is 0 Å². The average molecular weight is 288 g/mol. The molecular formula is C15H20N4O2. The minimum absolute atomic E-state index is 0.133. The molecule has 0 aliphatic heterocycles. The number of nitrogens with zero attached hydrogens (tertiary/aromatic N) is 4. The molecule has 0 radical (unpaired) electrons. The molecule has 21 heavy (non-hydrogen) atoms. The van der Waals surface area contributed by atoms with E-state index >= 15 is 0 Å². The lowest BCUT2D eigenvalue weighted by Crippen LogP contribution is -2.38. The van der Waals surface area contributed by atoms with Gasteiger partial charge in [0.1, 0.15) is 5.82 Å². The van der Waals surface area contributed by atoms with E-state index in [2.05, 4.69) is 14.4 Å². The molecule has 2 aromatic heterocycles. The maximum atomic E-state index is 11.0. The zero-order chi connectivity index (χ0) is 15.0. The summed E-state index contributed by atoms with van der Waals surface area (Å²) >= 11 is 0. The first-order valence-corrected chi connectivity index (χ1v) is 7.32. The molecule has 2 aromatic rings. The van der Waals surface area contributed by atoms with Gasteiger partial charge in [-0.05, 0) is 32.6 Å². The Labute approximate surface area is 123 Å². The lowest BCUT2D eigenvalue weighted by Gasteiger charge is -2.32. The Morgan fingerprint density at radius 2 is 2.05 bits per heavy atom. The fourth-order valence-corrected chi connectivity index (χ4v) is 3.26. The number of fused-ring (bicyclic) bond motifs is 1. The molecule has 1 aliphatic rings. The van der Waals surface area contributed by atoms with E-state index in [4.69, 9.17) is 5.11 Å². The van der Waals surface area contributed by atoms with Crippen LogP contribution < -0.4 is 0 Å². The van der Waals surface area contributed by atoms with E-state index in [0.717, 1.165) is 42.7 Å². The molecule has 0 aromatic carbocycles. The minimum Gasteiger partial charge on any atom is -0.465 e. The quantitative estimate of drug-likeness (QED) is 0.922. The van der Waals surface area contributed by atoms with Gasteiger partial charge in [0.25, 0.3) is 0 Å². The first-order valence-electron chi connectivity index (χ1n) is 7.32. The number of rotatable bonds is 2. The topological polar surface area (TPSA) is 70.7 Å². The summed E-state index contributed by atoms with van der Waals surface area (Å²) in [5.74, 6) is 1.47. The molecule has 112 valence electrons. The number of imidazole rings is 1. The number of carboxylic acid groups (broad SMARTS) is 1. The Morgan fingerprint density at radius 1 is 1.33 bits per heavy atom. The Kier molecular flexibility index (Phi) is 3.53. The molecule has 6 nitrogen and oxygen atoms in total. The van der Waals surface area contributed by atoms with E-state index in [1.165, 1.54) is 4.90 Å². The van der Waals surface area contributed by atoms with E-state index in [0.29, 0.717) is 5.92 Å². The number of aromatic nitrogens is 3. The van der Waals surface area contributed by atoms with Crippen LogP contribution in [0.2, 0.25) is 0 Å². The molecule has 1 saturated carbocycles. The number of hydrogen-bond donors (Lipinski definition) is 1. The van der Waals surface area contributed by atoms with Gasteiger partial charge in [0.05, 0.1) is 17.4 Å². The predicted molar refractivity (Wildman–Crippen MR) is 78.5 cm³/mol. The molecule has 3 rings (SSSR count). The highest BCUT2D eigenvalue weighted by atomic mass is 16.4. The Balaban J connectivity index is 1.77. The van der Waals surface area contributed by atoms with Gasteiger partial charge in [0, 0.05) is 31.4 Å². The fraction of sp³-hybridized carbons (Fsp3) is 0.533. The van der Waals surface area contributed by atoms with Gasteiger partial charge in [-0.3, -0.25) is 4.98 Å². The smallest absolute Gasteiger partial charge is 0.407 e. The summed E-state index contributed by atoms with van der Waals surface area (Å²) in [5.41, 5.74) is 2.04. The molecule has 0 spiro atoms. The van der Waals surface area contributed by atoms with Crippen molar-refractivity contribution in [2.45, 2.75) is 44.6 Å². The van der Waals surface area contributed by atoms with Crippen LogP contribution in [0.4, 0.5) is 4.79 Å². The summed E-state index contributed by atoms with van der Waals surface area (Å²) in [5, 5.41) is 9.06. The van der Waals surface area contributed by atoms with Crippen molar-refractivity contribution in [3.05, 3.63) is 30.1 Å². The number of aryl methyl sites for hydroxylation is 1. The maximum absolute atomic E-state index is 11.0. The van der Waals surface area contributed by atoms with Crippen molar-refractivity contribution in [1.29, 1.82) is 0 Å². The van der Waals surface area contributed by atoms with Crippen LogP contribution in [-0.4, -0.2) is 43.6 Å². The van der Waals surface area contributed by atoms with Gasteiger partial charge < -0.3 is 14.4 Å². The molecule has 0 bridgehead atoms. The molecule has 2 heterocycles. The first kappa shape index (κ1) is 13.9. The summed E-state index contributed by atoms with van der Waals surface area (Å²) in [6.07, 6.45) is 8.54. The van der Waals surface area contributed by atoms with Crippen molar-refractivity contribution in [1.82, 2.24) is 19.3 Å². The highest BCUT2D eigenvalue weighted by Gasteiger charge is 2.29. The van der Waals surface area contributed by atoms with Gasteiger partial charge in [0.15, 0.2) is 0 Å². The maximum Gasteiger partial charge on any atom is 0.407 e. The third-order valence-electron chi connectivity index (χ3n) is 4.59. The average Bonchev–Trinajstić information content (AvgIpc) is 2.92. The Morgan fingerprint density at radius 3 is 2.71 bits per heavy atom. The molecule has 1 fully saturated rings. The van der Waals surface area contributed by atoms with E-state index in [1.807, 2.05) is 19.3 Å². The normalized spacial score (nSPS) is 22.4. The van der Waals surface area contributed by atoms with Crippen LogP contribution in [0.3, 0.4) is 0 Å². The van der Waals surface area contributed by atoms with Crippen LogP contribution in [0.5, 0.6) is 0 Å². The van der Waals surface area contributed by atoms with Crippen LogP contribution in [0.15, 0.2) is 18.6 Å². The molecule has 0 unspecified atom stereocenters. The molecule has 6 heteroatoms. The number of carbonyl (C=O) groups is 1. The summed E-state index contributed by atoms with van der Waals surface area (Å²) in [6.45, 7) is 1.99. The Bertz CT molecular complexity index is 659. The third kappa shape index (κ3) is 2.46. The zero-order valence-corrected chi connectivity index (χ0v) is 12.4. The first-order chi connectivity index (χ1) is 10.1. The second kappa shape index (κ2) is 5.35. The van der Waals surface area contributed by atoms with Gasteiger partial charge in [-0.15, -0.1) is 0 Å². The van der Waals surface area contributed by atoms with Crippen molar-refractivity contribution in [2.24, 2.45) is 0 Å². The van der Waals surface area contributed by atoms with Crippen LogP contribution >= 0.6 is 0 Å². The van der Waals surface area contributed by atoms with Crippen LogP contribution in [0, 0.1) is 6.92 Å². The van der Waals surface area contributed by atoms with Crippen molar-refractivity contribution in [3.8, 4) is 0 Å². The molecule has 1 aliphatic carbocycles. The largest absolute Gasteiger partial charge is 0.465 e. The lowest BCUT2D eigenvalue weighted by atomic mass is 9.85. The molecule has 0 atom stereocenters. The SMILES string of the molecule is Cc1nccn2c(C3CCC(N(C)C(=O)O)CC3)ncc12. The van der Waals surface area contributed by atoms with Crippen molar-refractivity contribution in [2.75, 3.05) is 7.05 Å². The number of hydrogen-bond acceptors (Lipinski definition) is 3. The van der Waals surface area contributed by atoms with Gasteiger partial charge >= 0.3 is 6.09 Å². The Hall–Kier alpha value is -2.11. The van der Waals surface area contributed by atoms with E-state index in [1.54, 1.807) is 13.2 Å². The van der Waals surface area contributed by atoms with Gasteiger partial charge in [-0.1, -0.05) is 0 Å². The second-order valence-electron chi connectivity index (χ2n) is 5.78. The highest BCUT2D eigenvalue weighted by Crippen LogP contribution is 2.34. The summed E-state index contributed by atoms with van der Waals surface area (Å²) in [6, 6.07) is 0.133. The van der Waals surface area contributed by atoms with Gasteiger partial charge in [0.2, 0.25) is 0 Å². The van der Waals surface area contributed by atoms with Crippen LogP contribution in [-0.2, 0) is 0 Å². The minimum atomic E-state index is -0.841. The highest BCUT2D eigenvalue weighted by molar-refractivity contribution is 5.65. The molecule has 0 saturated heterocycles. The lowest BCUT2D eigenvalue weighted by molar-refractivity contribution is 0.123. The van der Waals surface area contributed by atoms with Gasteiger partial charge in [-0.2, -0.15) is 0 Å². The van der Waals surface area contributed by atoms with Crippen molar-refractivity contribution < 1.29 is 9.90 Å². The summed E-state index contributed by atoms with van der Waals surface area (Å²) in [7, 11) is 1.66. The summed E-state index contributed by atoms with van der Waals surface area (Å²) < 4.78 is 2.12. The second-order valence-corrected chi connectivity index (χ2v) is 5.78. The third-order valence-corrected chi connectivity index (χ3v) is 4.59. The molecular weight excluding hydrogens is 268 g/mol. The van der Waals surface area contributed by atoms with Crippen molar-refractivity contribution >= 4 is 11.6 Å².